The van der Waals surface area contributed by atoms with Crippen LogP contribution in [0, 0.1) is 11.7 Å². The Morgan fingerprint density at radius 3 is 2.74 bits per heavy atom. The SMILES string of the molecule is O=C(CCC1CCCN(C(=O)c2ccncc2)C1)NCc1ccccc1F. The maximum Gasteiger partial charge on any atom is 0.253 e. The van der Waals surface area contributed by atoms with Gasteiger partial charge in [0.15, 0.2) is 0 Å². The molecule has 1 aromatic heterocycles. The van der Waals surface area contributed by atoms with Crippen LogP contribution in [0.3, 0.4) is 0 Å². The molecule has 1 atom stereocenters. The third-order valence-corrected chi connectivity index (χ3v) is 4.95. The lowest BCUT2D eigenvalue weighted by Crippen LogP contribution is -2.40. The van der Waals surface area contributed by atoms with E-state index in [1.165, 1.54) is 6.07 Å². The van der Waals surface area contributed by atoms with E-state index in [9.17, 15) is 14.0 Å². The first-order valence-corrected chi connectivity index (χ1v) is 9.33. The summed E-state index contributed by atoms with van der Waals surface area (Å²) in [5, 5.41) is 2.77. The number of benzene rings is 1. The molecule has 2 aromatic rings. The van der Waals surface area contributed by atoms with Crippen LogP contribution in [-0.4, -0.2) is 34.8 Å². The smallest absolute Gasteiger partial charge is 0.253 e. The van der Waals surface area contributed by atoms with Crippen molar-refractivity contribution >= 4 is 11.8 Å². The zero-order valence-corrected chi connectivity index (χ0v) is 15.2. The van der Waals surface area contributed by atoms with E-state index in [1.807, 2.05) is 4.90 Å². The van der Waals surface area contributed by atoms with E-state index in [1.54, 1.807) is 42.7 Å². The quantitative estimate of drug-likeness (QED) is 0.851. The molecule has 0 bridgehead atoms. The number of hydrogen-bond donors (Lipinski definition) is 1. The molecule has 6 heteroatoms. The van der Waals surface area contributed by atoms with E-state index >= 15 is 0 Å². The standard InChI is InChI=1S/C21H24FN3O2/c22-19-6-2-1-5-18(19)14-24-20(26)8-7-16-4-3-13-25(15-16)21(27)17-9-11-23-12-10-17/h1-2,5-6,9-12,16H,3-4,7-8,13-15H2,(H,24,26). The molecule has 0 spiro atoms. The van der Waals surface area contributed by atoms with Gasteiger partial charge in [-0.3, -0.25) is 14.6 Å². The highest BCUT2D eigenvalue weighted by Crippen LogP contribution is 2.22. The zero-order valence-electron chi connectivity index (χ0n) is 15.2. The zero-order chi connectivity index (χ0) is 19.1. The molecule has 27 heavy (non-hydrogen) atoms. The van der Waals surface area contributed by atoms with Crippen molar-refractivity contribution in [1.82, 2.24) is 15.2 Å². The molecule has 1 N–H and O–H groups in total. The number of amides is 2. The van der Waals surface area contributed by atoms with E-state index in [4.69, 9.17) is 0 Å². The third kappa shape index (κ3) is 5.36. The molecule has 1 aliphatic heterocycles. The van der Waals surface area contributed by atoms with Gasteiger partial charge in [-0.1, -0.05) is 18.2 Å². The fraction of sp³-hybridized carbons (Fsp3) is 0.381. The van der Waals surface area contributed by atoms with Crippen molar-refractivity contribution in [2.45, 2.75) is 32.2 Å². The number of likely N-dealkylation sites (tertiary alicyclic amines) is 1. The van der Waals surface area contributed by atoms with Crippen molar-refractivity contribution in [3.8, 4) is 0 Å². The van der Waals surface area contributed by atoms with Gasteiger partial charge in [-0.25, -0.2) is 4.39 Å². The van der Waals surface area contributed by atoms with E-state index in [0.29, 0.717) is 30.0 Å². The van der Waals surface area contributed by atoms with Gasteiger partial charge < -0.3 is 10.2 Å². The lowest BCUT2D eigenvalue weighted by Gasteiger charge is -2.32. The largest absolute Gasteiger partial charge is 0.352 e. The topological polar surface area (TPSA) is 62.3 Å². The van der Waals surface area contributed by atoms with Crippen molar-refractivity contribution in [3.63, 3.8) is 0 Å². The van der Waals surface area contributed by atoms with Crippen LogP contribution >= 0.6 is 0 Å². The predicted octanol–water partition coefficient (Wildman–Crippen LogP) is 3.17. The molecule has 2 amide bonds. The first-order chi connectivity index (χ1) is 13.1. The molecule has 3 rings (SSSR count). The molecule has 1 fully saturated rings. The van der Waals surface area contributed by atoms with Crippen LogP contribution in [0.2, 0.25) is 0 Å². The van der Waals surface area contributed by atoms with Gasteiger partial charge in [-0.15, -0.1) is 0 Å². The van der Waals surface area contributed by atoms with Crippen LogP contribution in [0.1, 0.15) is 41.6 Å². The normalized spacial score (nSPS) is 16.8. The number of pyridine rings is 1. The van der Waals surface area contributed by atoms with Crippen LogP contribution in [0.5, 0.6) is 0 Å². The Hall–Kier alpha value is -2.76. The number of aromatic nitrogens is 1. The van der Waals surface area contributed by atoms with E-state index < -0.39 is 0 Å². The highest BCUT2D eigenvalue weighted by molar-refractivity contribution is 5.94. The Labute approximate surface area is 158 Å². The summed E-state index contributed by atoms with van der Waals surface area (Å²) in [7, 11) is 0. The summed E-state index contributed by atoms with van der Waals surface area (Å²) >= 11 is 0. The van der Waals surface area contributed by atoms with Crippen molar-refractivity contribution in [2.24, 2.45) is 5.92 Å². The summed E-state index contributed by atoms with van der Waals surface area (Å²) in [6.45, 7) is 1.61. The first kappa shape index (κ1) is 19.0. The number of halogens is 1. The Morgan fingerprint density at radius 1 is 1.19 bits per heavy atom. The van der Waals surface area contributed by atoms with Gasteiger partial charge in [0.05, 0.1) is 0 Å². The van der Waals surface area contributed by atoms with Gasteiger partial charge in [0.2, 0.25) is 5.91 Å². The minimum Gasteiger partial charge on any atom is -0.352 e. The molecule has 5 nitrogen and oxygen atoms in total. The monoisotopic (exact) mass is 369 g/mol. The van der Waals surface area contributed by atoms with Crippen LogP contribution in [-0.2, 0) is 11.3 Å². The average molecular weight is 369 g/mol. The molecule has 1 aromatic carbocycles. The van der Waals surface area contributed by atoms with Gasteiger partial charge in [-0.05, 0) is 43.4 Å². The molecule has 0 aliphatic carbocycles. The molecule has 1 saturated heterocycles. The van der Waals surface area contributed by atoms with Crippen LogP contribution < -0.4 is 5.32 Å². The minimum absolute atomic E-state index is 0.0195. The summed E-state index contributed by atoms with van der Waals surface area (Å²) in [6.07, 6.45) is 6.31. The van der Waals surface area contributed by atoms with Crippen molar-refractivity contribution in [1.29, 1.82) is 0 Å². The molecular weight excluding hydrogens is 345 g/mol. The summed E-state index contributed by atoms with van der Waals surface area (Å²) in [5.74, 6) is -0.0685. The molecule has 0 saturated carbocycles. The molecule has 1 unspecified atom stereocenters. The average Bonchev–Trinajstić information content (AvgIpc) is 2.72. The summed E-state index contributed by atoms with van der Waals surface area (Å²) < 4.78 is 13.6. The summed E-state index contributed by atoms with van der Waals surface area (Å²) in [6, 6.07) is 9.88. The number of hydrogen-bond acceptors (Lipinski definition) is 3. The van der Waals surface area contributed by atoms with Crippen molar-refractivity contribution in [3.05, 3.63) is 65.7 Å². The second kappa shape index (κ2) is 9.26. The van der Waals surface area contributed by atoms with Gasteiger partial charge in [0.1, 0.15) is 5.82 Å². The molecule has 1 aliphatic rings. The van der Waals surface area contributed by atoms with Crippen LogP contribution in [0.15, 0.2) is 48.8 Å². The van der Waals surface area contributed by atoms with Gasteiger partial charge >= 0.3 is 0 Å². The van der Waals surface area contributed by atoms with Gasteiger partial charge in [-0.2, -0.15) is 0 Å². The highest BCUT2D eigenvalue weighted by Gasteiger charge is 2.24. The lowest BCUT2D eigenvalue weighted by atomic mass is 9.93. The first-order valence-electron chi connectivity index (χ1n) is 9.33. The van der Waals surface area contributed by atoms with Crippen molar-refractivity contribution in [2.75, 3.05) is 13.1 Å². The number of piperidine rings is 1. The van der Waals surface area contributed by atoms with Gasteiger partial charge in [0, 0.05) is 49.6 Å². The summed E-state index contributed by atoms with van der Waals surface area (Å²) in [5.41, 5.74) is 1.13. The maximum atomic E-state index is 13.6. The van der Waals surface area contributed by atoms with Crippen LogP contribution in [0.25, 0.3) is 0 Å². The van der Waals surface area contributed by atoms with E-state index in [-0.39, 0.29) is 24.2 Å². The number of nitrogens with one attached hydrogen (secondary N) is 1. The Balaban J connectivity index is 1.44. The minimum atomic E-state index is -0.310. The summed E-state index contributed by atoms with van der Waals surface area (Å²) in [4.78, 5) is 30.4. The Bertz CT molecular complexity index is 782. The highest BCUT2D eigenvalue weighted by atomic mass is 19.1. The van der Waals surface area contributed by atoms with Crippen LogP contribution in [0.4, 0.5) is 4.39 Å². The molecule has 2 heterocycles. The van der Waals surface area contributed by atoms with E-state index in [2.05, 4.69) is 10.3 Å². The lowest BCUT2D eigenvalue weighted by molar-refractivity contribution is -0.121. The molecule has 0 radical (unpaired) electrons. The van der Waals surface area contributed by atoms with Gasteiger partial charge in [0.25, 0.3) is 5.91 Å². The van der Waals surface area contributed by atoms with E-state index in [0.717, 1.165) is 25.8 Å². The number of rotatable bonds is 6. The number of nitrogens with zero attached hydrogens (tertiary/aromatic N) is 2. The number of carbonyl (C=O) groups is 2. The third-order valence-electron chi connectivity index (χ3n) is 4.95. The number of carbonyl (C=O) groups excluding carboxylic acids is 2. The Morgan fingerprint density at radius 2 is 1.96 bits per heavy atom. The van der Waals surface area contributed by atoms with Crippen molar-refractivity contribution < 1.29 is 14.0 Å². The predicted molar refractivity (Wildman–Crippen MR) is 100 cm³/mol. The molecule has 142 valence electrons. The molecular formula is C21H24FN3O2. The maximum absolute atomic E-state index is 13.6. The second-order valence-electron chi connectivity index (χ2n) is 6.90. The fourth-order valence-corrected chi connectivity index (χ4v) is 3.42. The second-order valence-corrected chi connectivity index (χ2v) is 6.90. The fourth-order valence-electron chi connectivity index (χ4n) is 3.42. The Kier molecular flexibility index (Phi) is 6.52.